The van der Waals surface area contributed by atoms with E-state index in [1.807, 2.05) is 12.1 Å². The van der Waals surface area contributed by atoms with Crippen molar-refractivity contribution >= 4 is 11.8 Å². The monoisotopic (exact) mass is 325 g/mol. The maximum absolute atomic E-state index is 13.3. The van der Waals surface area contributed by atoms with Gasteiger partial charge in [0.15, 0.2) is 5.82 Å². The summed E-state index contributed by atoms with van der Waals surface area (Å²) >= 11 is 1.42. The number of nitrogens with two attached hydrogens (primary N) is 1. The van der Waals surface area contributed by atoms with Crippen LogP contribution in [0.3, 0.4) is 0 Å². The quantitative estimate of drug-likeness (QED) is 0.589. The van der Waals surface area contributed by atoms with E-state index >= 15 is 0 Å². The van der Waals surface area contributed by atoms with Crippen LogP contribution in [0.4, 0.5) is 4.39 Å². The molecule has 1 heterocycles. The van der Waals surface area contributed by atoms with E-state index in [0.717, 1.165) is 5.56 Å². The largest absolute Gasteiger partial charge is 0.335 e. The van der Waals surface area contributed by atoms with E-state index in [9.17, 15) is 4.39 Å². The summed E-state index contributed by atoms with van der Waals surface area (Å²) in [5.74, 6) is 6.70. The molecule has 2 N–H and O–H groups in total. The van der Waals surface area contributed by atoms with E-state index in [2.05, 4.69) is 16.3 Å². The second-order valence-electron chi connectivity index (χ2n) is 4.78. The average Bonchev–Trinajstić information content (AvgIpc) is 2.94. The van der Waals surface area contributed by atoms with Crippen molar-refractivity contribution in [2.75, 3.05) is 5.84 Å². The molecule has 114 valence electrons. The molecule has 0 amide bonds. The molecule has 0 saturated carbocycles. The normalized spacial score (nSPS) is 10.4. The van der Waals surface area contributed by atoms with E-state index in [1.165, 1.54) is 28.6 Å². The Kier molecular flexibility index (Phi) is 4.26. The summed E-state index contributed by atoms with van der Waals surface area (Å²) in [5.41, 5.74) is 2.24. The van der Waals surface area contributed by atoms with Gasteiger partial charge in [0, 0.05) is 11.3 Å². The zero-order valence-corrected chi connectivity index (χ0v) is 12.8. The molecule has 2 aromatic carbocycles. The minimum Gasteiger partial charge on any atom is -0.335 e. The van der Waals surface area contributed by atoms with E-state index in [4.69, 9.17) is 11.1 Å². The molecule has 0 atom stereocenters. The fourth-order valence-corrected chi connectivity index (χ4v) is 2.84. The smallest absolute Gasteiger partial charge is 0.210 e. The lowest BCUT2D eigenvalue weighted by molar-refractivity contribution is 0.628. The maximum Gasteiger partial charge on any atom is 0.210 e. The Hall–Kier alpha value is -2.85. The van der Waals surface area contributed by atoms with Crippen LogP contribution < -0.4 is 5.84 Å². The summed E-state index contributed by atoms with van der Waals surface area (Å²) in [4.78, 5) is 0. The highest BCUT2D eigenvalue weighted by Crippen LogP contribution is 2.24. The van der Waals surface area contributed by atoms with Crippen LogP contribution in [0.25, 0.3) is 11.4 Å². The Labute approximate surface area is 136 Å². The van der Waals surface area contributed by atoms with Gasteiger partial charge in [-0.2, -0.15) is 5.26 Å². The van der Waals surface area contributed by atoms with Crippen molar-refractivity contribution in [1.29, 1.82) is 5.26 Å². The molecule has 0 spiro atoms. The van der Waals surface area contributed by atoms with Crippen LogP contribution in [0.5, 0.6) is 0 Å². The molecule has 0 bridgehead atoms. The van der Waals surface area contributed by atoms with E-state index < -0.39 is 0 Å². The summed E-state index contributed by atoms with van der Waals surface area (Å²) in [5, 5.41) is 17.4. The number of rotatable bonds is 4. The van der Waals surface area contributed by atoms with Gasteiger partial charge in [0.05, 0.1) is 11.6 Å². The molecule has 7 heteroatoms. The van der Waals surface area contributed by atoms with Crippen molar-refractivity contribution in [3.8, 4) is 17.5 Å². The molecule has 0 aliphatic carbocycles. The zero-order valence-electron chi connectivity index (χ0n) is 12.0. The van der Waals surface area contributed by atoms with E-state index in [1.54, 1.807) is 24.3 Å². The van der Waals surface area contributed by atoms with Crippen LogP contribution in [-0.4, -0.2) is 14.9 Å². The Morgan fingerprint density at radius 1 is 1.17 bits per heavy atom. The Morgan fingerprint density at radius 3 is 2.65 bits per heavy atom. The van der Waals surface area contributed by atoms with Gasteiger partial charge in [-0.1, -0.05) is 36.0 Å². The highest BCUT2D eigenvalue weighted by molar-refractivity contribution is 7.98. The number of benzene rings is 2. The molecule has 0 aliphatic heterocycles. The van der Waals surface area contributed by atoms with E-state index in [0.29, 0.717) is 27.9 Å². The predicted molar refractivity (Wildman–Crippen MR) is 86.3 cm³/mol. The number of nitrogen functional groups attached to an aromatic ring is 1. The summed E-state index contributed by atoms with van der Waals surface area (Å²) in [6.45, 7) is 0. The van der Waals surface area contributed by atoms with Crippen LogP contribution in [-0.2, 0) is 5.75 Å². The number of aromatic nitrogens is 3. The van der Waals surface area contributed by atoms with Crippen LogP contribution in [0.2, 0.25) is 0 Å². The third-order valence-electron chi connectivity index (χ3n) is 3.20. The number of hydrogen-bond donors (Lipinski definition) is 1. The van der Waals surface area contributed by atoms with Gasteiger partial charge < -0.3 is 5.84 Å². The molecule has 0 aliphatic rings. The van der Waals surface area contributed by atoms with Crippen LogP contribution >= 0.6 is 11.8 Å². The van der Waals surface area contributed by atoms with E-state index in [-0.39, 0.29) is 5.82 Å². The maximum atomic E-state index is 13.3. The first-order valence-corrected chi connectivity index (χ1v) is 7.74. The lowest BCUT2D eigenvalue weighted by Crippen LogP contribution is -2.11. The fraction of sp³-hybridized carbons (Fsp3) is 0.0625. The molecule has 0 saturated heterocycles. The predicted octanol–water partition coefficient (Wildman–Crippen LogP) is 2.96. The van der Waals surface area contributed by atoms with Crippen molar-refractivity contribution in [2.45, 2.75) is 10.9 Å². The lowest BCUT2D eigenvalue weighted by atomic mass is 10.2. The van der Waals surface area contributed by atoms with Crippen molar-refractivity contribution in [3.05, 3.63) is 65.5 Å². The van der Waals surface area contributed by atoms with Gasteiger partial charge >= 0.3 is 0 Å². The molecule has 1 aromatic heterocycles. The second-order valence-corrected chi connectivity index (χ2v) is 5.73. The number of nitriles is 1. The van der Waals surface area contributed by atoms with Gasteiger partial charge in [-0.3, -0.25) is 0 Å². The summed E-state index contributed by atoms with van der Waals surface area (Å²) < 4.78 is 14.6. The van der Waals surface area contributed by atoms with Gasteiger partial charge in [-0.25, -0.2) is 9.07 Å². The second kappa shape index (κ2) is 6.50. The molecular weight excluding hydrogens is 313 g/mol. The topological polar surface area (TPSA) is 80.5 Å². The third-order valence-corrected chi connectivity index (χ3v) is 4.21. The minimum absolute atomic E-state index is 0.350. The number of nitrogens with zero attached hydrogens (tertiary/aromatic N) is 4. The molecule has 5 nitrogen and oxygen atoms in total. The molecule has 0 radical (unpaired) electrons. The first kappa shape index (κ1) is 15.1. The van der Waals surface area contributed by atoms with Gasteiger partial charge in [0.25, 0.3) is 0 Å². The summed E-state index contributed by atoms with van der Waals surface area (Å²) in [7, 11) is 0. The summed E-state index contributed by atoms with van der Waals surface area (Å²) in [6.07, 6.45) is 0. The van der Waals surface area contributed by atoms with Crippen molar-refractivity contribution in [2.24, 2.45) is 0 Å². The highest BCUT2D eigenvalue weighted by atomic mass is 32.2. The first-order valence-electron chi connectivity index (χ1n) is 6.75. The number of hydrogen-bond acceptors (Lipinski definition) is 5. The van der Waals surface area contributed by atoms with Gasteiger partial charge in [0.2, 0.25) is 5.16 Å². The molecule has 23 heavy (non-hydrogen) atoms. The molecule has 0 fully saturated rings. The van der Waals surface area contributed by atoms with Crippen molar-refractivity contribution < 1.29 is 4.39 Å². The highest BCUT2D eigenvalue weighted by Gasteiger charge is 2.12. The molecule has 3 rings (SSSR count). The summed E-state index contributed by atoms with van der Waals surface area (Å²) in [6, 6.07) is 15.4. The van der Waals surface area contributed by atoms with Gasteiger partial charge in [0.1, 0.15) is 5.82 Å². The van der Waals surface area contributed by atoms with Crippen molar-refractivity contribution in [3.63, 3.8) is 0 Å². The molecule has 3 aromatic rings. The number of halogens is 1. The Balaban J connectivity index is 1.75. The standard InChI is InChI=1S/C16H12FN5S/c17-14-3-1-2-13(8-14)15-20-21-16(22(15)19)23-10-12-6-4-11(9-18)5-7-12/h1-8H,10,19H2. The van der Waals surface area contributed by atoms with Gasteiger partial charge in [-0.15, -0.1) is 10.2 Å². The van der Waals surface area contributed by atoms with Crippen LogP contribution in [0.1, 0.15) is 11.1 Å². The minimum atomic E-state index is -0.350. The third kappa shape index (κ3) is 3.33. The average molecular weight is 325 g/mol. The Morgan fingerprint density at radius 2 is 1.96 bits per heavy atom. The van der Waals surface area contributed by atoms with Crippen LogP contribution in [0.15, 0.2) is 53.7 Å². The van der Waals surface area contributed by atoms with Crippen molar-refractivity contribution in [1.82, 2.24) is 14.9 Å². The fourth-order valence-electron chi connectivity index (χ4n) is 2.02. The number of thioether (sulfide) groups is 1. The lowest BCUT2D eigenvalue weighted by Gasteiger charge is -2.04. The zero-order chi connectivity index (χ0) is 16.2. The SMILES string of the molecule is N#Cc1ccc(CSc2nnc(-c3cccc(F)c3)n2N)cc1. The van der Waals surface area contributed by atoms with Crippen LogP contribution in [0, 0.1) is 17.1 Å². The first-order chi connectivity index (χ1) is 11.2. The van der Waals surface area contributed by atoms with Gasteiger partial charge in [-0.05, 0) is 29.8 Å². The Bertz CT molecular complexity index is 867. The molecular formula is C16H12FN5S. The molecule has 0 unspecified atom stereocenters.